The molecule has 1 N–H and O–H groups in total. The molecule has 28 heavy (non-hydrogen) atoms. The Morgan fingerprint density at radius 3 is 3.00 bits per heavy atom. The van der Waals surface area contributed by atoms with Crippen molar-refractivity contribution in [1.29, 1.82) is 0 Å². The molecule has 8 heteroatoms. The number of carbonyl (C=O) groups excluding carboxylic acids is 1. The molecule has 2 aromatic heterocycles. The van der Waals surface area contributed by atoms with Gasteiger partial charge in [0.25, 0.3) is 5.56 Å². The van der Waals surface area contributed by atoms with E-state index in [0.717, 1.165) is 23.5 Å². The number of hydrogen-bond donors (Lipinski definition) is 1. The number of unbranched alkanes of at least 4 members (excludes halogenated alkanes) is 1. The zero-order valence-corrected chi connectivity index (χ0v) is 17.6. The van der Waals surface area contributed by atoms with E-state index in [-0.39, 0.29) is 12.2 Å². The minimum absolute atomic E-state index is 0.119. The van der Waals surface area contributed by atoms with Gasteiger partial charge in [-0.05, 0) is 24.8 Å². The van der Waals surface area contributed by atoms with Crippen molar-refractivity contribution >= 4 is 40.6 Å². The van der Waals surface area contributed by atoms with E-state index in [1.54, 1.807) is 6.92 Å². The Labute approximate surface area is 172 Å². The van der Waals surface area contributed by atoms with E-state index < -0.39 is 17.8 Å². The Hall–Kier alpha value is -2.19. The molecule has 3 heterocycles. The van der Waals surface area contributed by atoms with Crippen LogP contribution in [0.25, 0.3) is 0 Å². The molecule has 2 unspecified atom stereocenters. The molecule has 0 amide bonds. The first-order valence-electron chi connectivity index (χ1n) is 9.20. The van der Waals surface area contributed by atoms with Crippen LogP contribution >= 0.6 is 23.1 Å². The second-order valence-corrected chi connectivity index (χ2v) is 8.52. The van der Waals surface area contributed by atoms with Crippen LogP contribution in [-0.2, 0) is 9.53 Å². The Kier molecular flexibility index (Phi) is 6.85. The lowest BCUT2D eigenvalue weighted by atomic mass is 9.80. The highest BCUT2D eigenvalue weighted by molar-refractivity contribution is 7.99. The Morgan fingerprint density at radius 2 is 2.32 bits per heavy atom. The van der Waals surface area contributed by atoms with Gasteiger partial charge < -0.3 is 9.72 Å². The summed E-state index contributed by atoms with van der Waals surface area (Å²) in [5, 5.41) is 2.49. The second kappa shape index (κ2) is 9.34. The van der Waals surface area contributed by atoms with E-state index in [0.29, 0.717) is 22.2 Å². The van der Waals surface area contributed by atoms with Gasteiger partial charge in [-0.3, -0.25) is 9.59 Å². The zero-order valence-electron chi connectivity index (χ0n) is 15.9. The number of rotatable bonds is 8. The molecule has 0 aliphatic carbocycles. The molecule has 0 spiro atoms. The highest BCUT2D eigenvalue weighted by atomic mass is 32.2. The Bertz CT molecular complexity index is 935. The molecule has 0 aromatic carbocycles. The molecular formula is C20H23N3O3S2. The molecule has 6 nitrogen and oxygen atoms in total. The van der Waals surface area contributed by atoms with Crippen molar-refractivity contribution in [3.8, 4) is 0 Å². The van der Waals surface area contributed by atoms with E-state index in [4.69, 9.17) is 4.74 Å². The molecule has 0 bridgehead atoms. The fraction of sp³-hybridized carbons (Fsp3) is 0.400. The van der Waals surface area contributed by atoms with Gasteiger partial charge in [-0.25, -0.2) is 9.98 Å². The minimum atomic E-state index is -0.660. The summed E-state index contributed by atoms with van der Waals surface area (Å²) in [6.45, 7) is 7.61. The second-order valence-electron chi connectivity index (χ2n) is 6.45. The SMILES string of the molecule is C=CCOC(=O)C1C(C)=Nc2nc(SCCCC)[nH]c(=O)c2C1c1cccs1. The van der Waals surface area contributed by atoms with Crippen molar-refractivity contribution in [2.75, 3.05) is 12.4 Å². The van der Waals surface area contributed by atoms with Crippen LogP contribution in [-0.4, -0.2) is 34.0 Å². The zero-order chi connectivity index (χ0) is 20.1. The average Bonchev–Trinajstić information content (AvgIpc) is 3.19. The number of nitrogens with zero attached hydrogens (tertiary/aromatic N) is 2. The smallest absolute Gasteiger partial charge is 0.315 e. The maximum Gasteiger partial charge on any atom is 0.315 e. The van der Waals surface area contributed by atoms with Gasteiger partial charge >= 0.3 is 5.97 Å². The van der Waals surface area contributed by atoms with Gasteiger partial charge in [-0.1, -0.05) is 43.8 Å². The number of hydrogen-bond acceptors (Lipinski definition) is 7. The van der Waals surface area contributed by atoms with E-state index in [1.807, 2.05) is 17.5 Å². The molecular weight excluding hydrogens is 394 g/mol. The number of H-pyrrole nitrogens is 1. The summed E-state index contributed by atoms with van der Waals surface area (Å²) in [4.78, 5) is 38.6. The van der Waals surface area contributed by atoms with E-state index >= 15 is 0 Å². The first kappa shape index (κ1) is 20.5. The topological polar surface area (TPSA) is 84.4 Å². The van der Waals surface area contributed by atoms with E-state index in [9.17, 15) is 9.59 Å². The van der Waals surface area contributed by atoms with E-state index in [1.165, 1.54) is 29.2 Å². The normalized spacial score (nSPS) is 18.3. The highest BCUT2D eigenvalue weighted by Crippen LogP contribution is 2.42. The third kappa shape index (κ3) is 4.28. The van der Waals surface area contributed by atoms with Crippen LogP contribution in [0.2, 0.25) is 0 Å². The maximum atomic E-state index is 13.0. The van der Waals surface area contributed by atoms with Gasteiger partial charge in [0.2, 0.25) is 0 Å². The number of nitrogens with one attached hydrogen (secondary N) is 1. The Morgan fingerprint density at radius 1 is 1.50 bits per heavy atom. The van der Waals surface area contributed by atoms with Crippen molar-refractivity contribution in [3.05, 3.63) is 51.0 Å². The van der Waals surface area contributed by atoms with E-state index in [2.05, 4.69) is 28.5 Å². The van der Waals surface area contributed by atoms with Crippen LogP contribution in [0.4, 0.5) is 5.82 Å². The Balaban J connectivity index is 2.06. The lowest BCUT2D eigenvalue weighted by Gasteiger charge is -2.29. The minimum Gasteiger partial charge on any atom is -0.461 e. The molecule has 1 aliphatic heterocycles. The summed E-state index contributed by atoms with van der Waals surface area (Å²) < 4.78 is 5.30. The predicted molar refractivity (Wildman–Crippen MR) is 114 cm³/mol. The third-order valence-electron chi connectivity index (χ3n) is 4.47. The summed E-state index contributed by atoms with van der Waals surface area (Å²) in [5.41, 5.74) is 0.774. The fourth-order valence-electron chi connectivity index (χ4n) is 3.15. The van der Waals surface area contributed by atoms with Crippen molar-refractivity contribution < 1.29 is 9.53 Å². The van der Waals surface area contributed by atoms with Gasteiger partial charge in [0.15, 0.2) is 11.0 Å². The molecule has 0 fully saturated rings. The molecule has 2 atom stereocenters. The summed E-state index contributed by atoms with van der Waals surface area (Å²) in [6.07, 6.45) is 3.65. The number of thiophene rings is 1. The standard InChI is InChI=1S/C20H23N3O3S2/c1-4-6-10-28-20-22-17-16(18(24)23-20)15(13-8-7-11-27-13)14(12(3)21-17)19(25)26-9-5-2/h5,7-8,11,14-15H,2,4,6,9-10H2,1,3H3,(H,22,23,24). The maximum absolute atomic E-state index is 13.0. The predicted octanol–water partition coefficient (Wildman–Crippen LogP) is 4.31. The summed E-state index contributed by atoms with van der Waals surface area (Å²) >= 11 is 3.02. The van der Waals surface area contributed by atoms with Gasteiger partial charge in [0.1, 0.15) is 12.5 Å². The number of aromatic nitrogens is 2. The van der Waals surface area contributed by atoms with Gasteiger partial charge in [0.05, 0.1) is 5.56 Å². The van der Waals surface area contributed by atoms with Crippen LogP contribution in [0.15, 0.2) is 45.1 Å². The number of esters is 1. The number of fused-ring (bicyclic) bond motifs is 1. The van der Waals surface area contributed by atoms with Crippen molar-refractivity contribution in [3.63, 3.8) is 0 Å². The molecule has 0 radical (unpaired) electrons. The fourth-order valence-corrected chi connectivity index (χ4v) is 4.97. The quantitative estimate of drug-likeness (QED) is 0.227. The largest absolute Gasteiger partial charge is 0.461 e. The van der Waals surface area contributed by atoms with Crippen molar-refractivity contribution in [2.45, 2.75) is 37.8 Å². The molecule has 0 saturated heterocycles. The van der Waals surface area contributed by atoms with Crippen LogP contribution in [0.3, 0.4) is 0 Å². The summed E-state index contributed by atoms with van der Waals surface area (Å²) in [5.74, 6) is -0.257. The van der Waals surface area contributed by atoms with Crippen molar-refractivity contribution in [2.24, 2.45) is 10.9 Å². The van der Waals surface area contributed by atoms with Crippen molar-refractivity contribution in [1.82, 2.24) is 9.97 Å². The summed E-state index contributed by atoms with van der Waals surface area (Å²) in [7, 11) is 0. The number of ether oxygens (including phenoxy) is 1. The van der Waals surface area contributed by atoms with Crippen LogP contribution in [0.1, 0.15) is 43.0 Å². The number of carbonyl (C=O) groups is 1. The molecule has 2 aromatic rings. The van der Waals surface area contributed by atoms with Crippen LogP contribution < -0.4 is 5.56 Å². The average molecular weight is 418 g/mol. The lowest BCUT2D eigenvalue weighted by Crippen LogP contribution is -2.36. The summed E-state index contributed by atoms with van der Waals surface area (Å²) in [6, 6.07) is 3.83. The van der Waals surface area contributed by atoms with Crippen LogP contribution in [0, 0.1) is 5.92 Å². The molecule has 148 valence electrons. The number of aromatic amines is 1. The number of aliphatic imine (C=N–C) groups is 1. The number of thioether (sulfide) groups is 1. The van der Waals surface area contributed by atoms with Gasteiger partial charge in [-0.15, -0.1) is 11.3 Å². The first-order valence-corrected chi connectivity index (χ1v) is 11.1. The first-order chi connectivity index (χ1) is 13.6. The molecule has 0 saturated carbocycles. The third-order valence-corrected chi connectivity index (χ3v) is 6.39. The lowest BCUT2D eigenvalue weighted by molar-refractivity contribution is -0.145. The molecule has 3 rings (SSSR count). The van der Waals surface area contributed by atoms with Gasteiger partial charge in [0, 0.05) is 22.3 Å². The monoisotopic (exact) mass is 417 g/mol. The van der Waals surface area contributed by atoms with Crippen LogP contribution in [0.5, 0.6) is 0 Å². The van der Waals surface area contributed by atoms with Gasteiger partial charge in [-0.2, -0.15) is 0 Å². The molecule has 1 aliphatic rings. The highest BCUT2D eigenvalue weighted by Gasteiger charge is 2.41.